The standard InChI is InChI=1S/C9H17NO2.ClH/c1-6-5-10-4-3-8(6)7(2)9(11)12;/h6-8,10H,3-5H2,1-2H3,(H,11,12);1H. The Morgan fingerprint density at radius 2 is 2.23 bits per heavy atom. The molecule has 3 atom stereocenters. The molecule has 0 aromatic carbocycles. The van der Waals surface area contributed by atoms with Crippen LogP contribution >= 0.6 is 12.4 Å². The minimum atomic E-state index is -0.659. The van der Waals surface area contributed by atoms with Gasteiger partial charge in [0.2, 0.25) is 0 Å². The van der Waals surface area contributed by atoms with Crippen LogP contribution in [0.3, 0.4) is 0 Å². The highest BCUT2D eigenvalue weighted by molar-refractivity contribution is 5.85. The predicted molar refractivity (Wildman–Crippen MR) is 54.2 cm³/mol. The molecule has 1 saturated heterocycles. The van der Waals surface area contributed by atoms with Crippen molar-refractivity contribution in [2.75, 3.05) is 13.1 Å². The summed E-state index contributed by atoms with van der Waals surface area (Å²) in [6.07, 6.45) is 0.995. The highest BCUT2D eigenvalue weighted by Crippen LogP contribution is 2.26. The monoisotopic (exact) mass is 207 g/mol. The van der Waals surface area contributed by atoms with E-state index in [4.69, 9.17) is 5.11 Å². The average molecular weight is 208 g/mol. The van der Waals surface area contributed by atoms with E-state index in [2.05, 4.69) is 12.2 Å². The number of nitrogens with one attached hydrogen (secondary N) is 1. The van der Waals surface area contributed by atoms with Gasteiger partial charge in [0.25, 0.3) is 0 Å². The number of rotatable bonds is 2. The third kappa shape index (κ3) is 3.16. The van der Waals surface area contributed by atoms with Crippen molar-refractivity contribution in [3.63, 3.8) is 0 Å². The molecule has 0 radical (unpaired) electrons. The second kappa shape index (κ2) is 5.45. The highest BCUT2D eigenvalue weighted by atomic mass is 35.5. The van der Waals surface area contributed by atoms with Crippen LogP contribution in [-0.2, 0) is 4.79 Å². The van der Waals surface area contributed by atoms with Gasteiger partial charge in [-0.2, -0.15) is 0 Å². The van der Waals surface area contributed by atoms with Gasteiger partial charge in [-0.15, -0.1) is 12.4 Å². The summed E-state index contributed by atoms with van der Waals surface area (Å²) in [6.45, 7) is 5.86. The van der Waals surface area contributed by atoms with Gasteiger partial charge in [-0.1, -0.05) is 13.8 Å². The largest absolute Gasteiger partial charge is 0.481 e. The average Bonchev–Trinajstić information content (AvgIpc) is 2.04. The Kier molecular flexibility index (Phi) is 5.33. The van der Waals surface area contributed by atoms with Crippen molar-refractivity contribution in [1.82, 2.24) is 5.32 Å². The predicted octanol–water partition coefficient (Wildman–Crippen LogP) is 1.37. The van der Waals surface area contributed by atoms with E-state index in [1.807, 2.05) is 6.92 Å². The number of halogens is 1. The molecule has 13 heavy (non-hydrogen) atoms. The second-order valence-electron chi connectivity index (χ2n) is 3.76. The fraction of sp³-hybridized carbons (Fsp3) is 0.889. The fourth-order valence-electron chi connectivity index (χ4n) is 1.96. The van der Waals surface area contributed by atoms with Gasteiger partial charge in [0.1, 0.15) is 0 Å². The molecule has 3 unspecified atom stereocenters. The molecule has 1 heterocycles. The van der Waals surface area contributed by atoms with Crippen molar-refractivity contribution in [3.8, 4) is 0 Å². The zero-order chi connectivity index (χ0) is 9.14. The number of carbonyl (C=O) groups is 1. The molecule has 78 valence electrons. The molecular formula is C9H18ClNO2. The quantitative estimate of drug-likeness (QED) is 0.719. The first-order valence-electron chi connectivity index (χ1n) is 4.56. The molecule has 1 fully saturated rings. The van der Waals surface area contributed by atoms with E-state index in [0.717, 1.165) is 19.5 Å². The van der Waals surface area contributed by atoms with Crippen LogP contribution in [0, 0.1) is 17.8 Å². The topological polar surface area (TPSA) is 49.3 Å². The Balaban J connectivity index is 0.00000144. The van der Waals surface area contributed by atoms with Gasteiger partial charge in [0, 0.05) is 0 Å². The summed E-state index contributed by atoms with van der Waals surface area (Å²) in [5.74, 6) is -0.00977. The molecule has 0 aromatic heterocycles. The summed E-state index contributed by atoms with van der Waals surface area (Å²) in [4.78, 5) is 10.7. The molecule has 1 aliphatic heterocycles. The van der Waals surface area contributed by atoms with Crippen molar-refractivity contribution in [1.29, 1.82) is 0 Å². The zero-order valence-corrected chi connectivity index (χ0v) is 8.93. The highest BCUT2D eigenvalue weighted by Gasteiger charge is 2.30. The lowest BCUT2D eigenvalue weighted by atomic mass is 9.79. The normalized spacial score (nSPS) is 30.3. The van der Waals surface area contributed by atoms with Gasteiger partial charge in [-0.05, 0) is 31.3 Å². The molecule has 0 aromatic rings. The van der Waals surface area contributed by atoms with E-state index in [9.17, 15) is 4.79 Å². The van der Waals surface area contributed by atoms with Crippen molar-refractivity contribution >= 4 is 18.4 Å². The summed E-state index contributed by atoms with van der Waals surface area (Å²) in [5, 5.41) is 12.1. The lowest BCUT2D eigenvalue weighted by Crippen LogP contribution is -2.39. The van der Waals surface area contributed by atoms with Crippen molar-refractivity contribution in [2.45, 2.75) is 20.3 Å². The van der Waals surface area contributed by atoms with Gasteiger partial charge in [0.15, 0.2) is 0 Å². The summed E-state index contributed by atoms with van der Waals surface area (Å²) in [6, 6.07) is 0. The number of hydrogen-bond donors (Lipinski definition) is 2. The lowest BCUT2D eigenvalue weighted by molar-refractivity contribution is -0.144. The minimum Gasteiger partial charge on any atom is -0.481 e. The Morgan fingerprint density at radius 1 is 1.62 bits per heavy atom. The van der Waals surface area contributed by atoms with Gasteiger partial charge in [0.05, 0.1) is 5.92 Å². The Hall–Kier alpha value is -0.280. The maximum atomic E-state index is 10.7. The molecule has 1 aliphatic rings. The van der Waals surface area contributed by atoms with E-state index < -0.39 is 5.97 Å². The molecule has 0 spiro atoms. The van der Waals surface area contributed by atoms with Crippen LogP contribution in [0.5, 0.6) is 0 Å². The van der Waals surface area contributed by atoms with E-state index in [1.165, 1.54) is 0 Å². The molecule has 0 bridgehead atoms. The molecule has 1 rings (SSSR count). The van der Waals surface area contributed by atoms with Gasteiger partial charge >= 0.3 is 5.97 Å². The van der Waals surface area contributed by atoms with Gasteiger partial charge in [-0.3, -0.25) is 4.79 Å². The summed E-state index contributed by atoms with van der Waals surface area (Å²) >= 11 is 0. The van der Waals surface area contributed by atoms with E-state index in [-0.39, 0.29) is 18.3 Å². The third-order valence-corrected chi connectivity index (χ3v) is 2.88. The molecule has 3 nitrogen and oxygen atoms in total. The van der Waals surface area contributed by atoms with Crippen LogP contribution in [-0.4, -0.2) is 24.2 Å². The molecule has 0 amide bonds. The maximum absolute atomic E-state index is 10.7. The SMILES string of the molecule is CC1CNCCC1C(C)C(=O)O.Cl. The van der Waals surface area contributed by atoms with Crippen LogP contribution in [0.4, 0.5) is 0 Å². The number of piperidine rings is 1. The molecular weight excluding hydrogens is 190 g/mol. The number of carboxylic acids is 1. The number of aliphatic carboxylic acids is 1. The molecule has 2 N–H and O–H groups in total. The van der Waals surface area contributed by atoms with Crippen LogP contribution in [0.1, 0.15) is 20.3 Å². The van der Waals surface area contributed by atoms with Crippen LogP contribution in [0.2, 0.25) is 0 Å². The smallest absolute Gasteiger partial charge is 0.306 e. The molecule has 0 aliphatic carbocycles. The number of hydrogen-bond acceptors (Lipinski definition) is 2. The minimum absolute atomic E-state index is 0. The summed E-state index contributed by atoms with van der Waals surface area (Å²) in [5.41, 5.74) is 0. The van der Waals surface area contributed by atoms with Crippen LogP contribution < -0.4 is 5.32 Å². The maximum Gasteiger partial charge on any atom is 0.306 e. The Bertz CT molecular complexity index is 175. The molecule has 4 heteroatoms. The first-order chi connectivity index (χ1) is 5.63. The van der Waals surface area contributed by atoms with Crippen molar-refractivity contribution in [3.05, 3.63) is 0 Å². The third-order valence-electron chi connectivity index (χ3n) is 2.88. The molecule has 0 saturated carbocycles. The summed E-state index contributed by atoms with van der Waals surface area (Å²) in [7, 11) is 0. The number of carboxylic acid groups (broad SMARTS) is 1. The van der Waals surface area contributed by atoms with Gasteiger partial charge < -0.3 is 10.4 Å². The van der Waals surface area contributed by atoms with Gasteiger partial charge in [-0.25, -0.2) is 0 Å². The first-order valence-corrected chi connectivity index (χ1v) is 4.56. The van der Waals surface area contributed by atoms with E-state index in [1.54, 1.807) is 0 Å². The van der Waals surface area contributed by atoms with Crippen molar-refractivity contribution < 1.29 is 9.90 Å². The zero-order valence-electron chi connectivity index (χ0n) is 8.12. The Morgan fingerprint density at radius 3 is 2.69 bits per heavy atom. The van der Waals surface area contributed by atoms with Crippen LogP contribution in [0.15, 0.2) is 0 Å². The van der Waals surface area contributed by atoms with E-state index >= 15 is 0 Å². The van der Waals surface area contributed by atoms with Crippen molar-refractivity contribution in [2.24, 2.45) is 17.8 Å². The first kappa shape index (κ1) is 12.7. The van der Waals surface area contributed by atoms with E-state index in [0.29, 0.717) is 11.8 Å². The second-order valence-corrected chi connectivity index (χ2v) is 3.76. The lowest BCUT2D eigenvalue weighted by Gasteiger charge is -2.32. The fourth-order valence-corrected chi connectivity index (χ4v) is 1.96. The van der Waals surface area contributed by atoms with Crippen LogP contribution in [0.25, 0.3) is 0 Å². The summed E-state index contributed by atoms with van der Waals surface area (Å²) < 4.78 is 0. The Labute approximate surface area is 85.3 Å².